The molecule has 0 saturated carbocycles. The molecule has 0 aliphatic rings. The van der Waals surface area contributed by atoms with E-state index in [-0.39, 0.29) is 0 Å². The van der Waals surface area contributed by atoms with Gasteiger partial charge in [-0.1, -0.05) is 95.6 Å². The smallest absolute Gasteiger partial charge is 0.137 e. The summed E-state index contributed by atoms with van der Waals surface area (Å²) < 4.78 is 5.81. The molecule has 129 valence electrons. The normalized spacial score (nSPS) is 10.5. The maximum atomic E-state index is 9.12. The van der Waals surface area contributed by atoms with Crippen LogP contribution in [0.25, 0.3) is 0 Å². The number of rotatable bonds is 8. The lowest BCUT2D eigenvalue weighted by Crippen LogP contribution is -2.41. The Morgan fingerprint density at radius 3 is 1.92 bits per heavy atom. The molecule has 0 aliphatic carbocycles. The molecule has 0 heterocycles. The van der Waals surface area contributed by atoms with Gasteiger partial charge in [0.1, 0.15) is 20.6 Å². The molecule has 0 fully saturated rings. The third kappa shape index (κ3) is 4.84. The Hall–Kier alpha value is -2.83. The van der Waals surface area contributed by atoms with Gasteiger partial charge in [0, 0.05) is 0 Å². The minimum Gasteiger partial charge on any atom is -0.492 e. The van der Waals surface area contributed by atoms with Crippen molar-refractivity contribution in [3.63, 3.8) is 0 Å². The Morgan fingerprint density at radius 2 is 1.31 bits per heavy atom. The molecule has 0 saturated heterocycles. The Labute approximate surface area is 157 Å². The predicted octanol–water partition coefficient (Wildman–Crippen LogP) is 4.03. The number of benzene rings is 3. The van der Waals surface area contributed by atoms with Crippen molar-refractivity contribution >= 4 is 19.2 Å². The molecule has 1 radical (unpaired) electrons. The van der Waals surface area contributed by atoms with Gasteiger partial charge in [-0.25, -0.2) is 0 Å². The second-order valence-electron chi connectivity index (χ2n) is 6.12. The monoisotopic (exact) mass is 356 g/mol. The first-order valence-corrected chi connectivity index (χ1v) is 10.7. The summed E-state index contributed by atoms with van der Waals surface area (Å²) in [5.74, 6) is 0.687. The zero-order valence-corrected chi connectivity index (χ0v) is 15.8. The van der Waals surface area contributed by atoms with Crippen molar-refractivity contribution in [2.75, 3.05) is 6.61 Å². The molecule has 3 aromatic carbocycles. The van der Waals surface area contributed by atoms with E-state index in [0.717, 1.165) is 12.8 Å². The molecule has 3 rings (SSSR count). The minimum absolute atomic E-state index is 0.603. The standard InChI is InChI=1S/C23H22NOSi/c24-19-20-11-7-8-16-23(20)25-17-9-10-18-26(21-12-3-1-4-13-21)22-14-5-2-6-15-22/h1-8,11-16H,9-10,17-18H2. The lowest BCUT2D eigenvalue weighted by atomic mass is 10.2. The van der Waals surface area contributed by atoms with Crippen molar-refractivity contribution < 1.29 is 4.74 Å². The average molecular weight is 357 g/mol. The molecule has 0 aliphatic heterocycles. The van der Waals surface area contributed by atoms with E-state index in [1.54, 1.807) is 6.07 Å². The molecule has 0 aromatic heterocycles. The van der Waals surface area contributed by atoms with Gasteiger partial charge in [-0.15, -0.1) is 0 Å². The van der Waals surface area contributed by atoms with Gasteiger partial charge in [-0.05, 0) is 18.6 Å². The molecule has 3 aromatic rings. The van der Waals surface area contributed by atoms with Gasteiger partial charge in [-0.2, -0.15) is 5.26 Å². The fraction of sp³-hybridized carbons (Fsp3) is 0.174. The molecule has 2 nitrogen and oxygen atoms in total. The second-order valence-corrected chi connectivity index (χ2v) is 8.74. The first-order valence-electron chi connectivity index (χ1n) is 8.97. The van der Waals surface area contributed by atoms with Gasteiger partial charge < -0.3 is 4.74 Å². The van der Waals surface area contributed by atoms with Crippen LogP contribution in [0.3, 0.4) is 0 Å². The zero-order chi connectivity index (χ0) is 18.0. The summed E-state index contributed by atoms with van der Waals surface area (Å²) in [6.45, 7) is 0.650. The molecular formula is C23H22NOSi. The Balaban J connectivity index is 1.56. The van der Waals surface area contributed by atoms with Gasteiger partial charge in [0.05, 0.1) is 12.2 Å². The van der Waals surface area contributed by atoms with Crippen LogP contribution in [0.4, 0.5) is 0 Å². The van der Waals surface area contributed by atoms with Crippen LogP contribution in [0.1, 0.15) is 18.4 Å². The van der Waals surface area contributed by atoms with Crippen molar-refractivity contribution in [3.05, 3.63) is 90.5 Å². The van der Waals surface area contributed by atoms with Crippen LogP contribution in [0, 0.1) is 11.3 Å². The molecule has 3 heteroatoms. The van der Waals surface area contributed by atoms with Crippen molar-refractivity contribution in [3.8, 4) is 11.8 Å². The number of hydrogen-bond acceptors (Lipinski definition) is 2. The average Bonchev–Trinajstić information content (AvgIpc) is 2.72. The quantitative estimate of drug-likeness (QED) is 0.451. The fourth-order valence-electron chi connectivity index (χ4n) is 3.00. The van der Waals surface area contributed by atoms with Crippen LogP contribution in [0.2, 0.25) is 6.04 Å². The van der Waals surface area contributed by atoms with Gasteiger partial charge in [-0.3, -0.25) is 0 Å². The van der Waals surface area contributed by atoms with Gasteiger partial charge in [0.15, 0.2) is 0 Å². The summed E-state index contributed by atoms with van der Waals surface area (Å²) in [6, 6.07) is 32.5. The molecule has 0 amide bonds. The molecule has 0 unspecified atom stereocenters. The summed E-state index contributed by atoms with van der Waals surface area (Å²) in [5, 5.41) is 12.0. The largest absolute Gasteiger partial charge is 0.492 e. The van der Waals surface area contributed by atoms with Crippen molar-refractivity contribution in [2.45, 2.75) is 18.9 Å². The second kappa shape index (κ2) is 9.60. The van der Waals surface area contributed by atoms with E-state index in [9.17, 15) is 0 Å². The third-order valence-corrected chi connectivity index (χ3v) is 7.24. The lowest BCUT2D eigenvalue weighted by molar-refractivity contribution is 0.308. The first kappa shape index (κ1) is 18.0. The number of unbranched alkanes of at least 4 members (excludes halogenated alkanes) is 1. The number of ether oxygens (including phenoxy) is 1. The van der Waals surface area contributed by atoms with E-state index in [1.165, 1.54) is 16.4 Å². The number of nitriles is 1. The van der Waals surface area contributed by atoms with E-state index < -0.39 is 8.80 Å². The molecule has 0 N–H and O–H groups in total. The van der Waals surface area contributed by atoms with Crippen LogP contribution in [-0.4, -0.2) is 15.4 Å². The zero-order valence-electron chi connectivity index (χ0n) is 14.8. The van der Waals surface area contributed by atoms with E-state index in [2.05, 4.69) is 66.7 Å². The molecule has 26 heavy (non-hydrogen) atoms. The highest BCUT2D eigenvalue weighted by Crippen LogP contribution is 2.17. The van der Waals surface area contributed by atoms with Crippen LogP contribution in [-0.2, 0) is 0 Å². The summed E-state index contributed by atoms with van der Waals surface area (Å²) in [7, 11) is -0.765. The van der Waals surface area contributed by atoms with Crippen LogP contribution >= 0.6 is 0 Å². The maximum Gasteiger partial charge on any atom is 0.137 e. The number of para-hydroxylation sites is 1. The van der Waals surface area contributed by atoms with Crippen molar-refractivity contribution in [1.82, 2.24) is 0 Å². The molecule has 0 bridgehead atoms. The predicted molar refractivity (Wildman–Crippen MR) is 109 cm³/mol. The Bertz CT molecular complexity index is 803. The maximum absolute atomic E-state index is 9.12. The summed E-state index contributed by atoms with van der Waals surface area (Å²) in [5.41, 5.74) is 0.603. The van der Waals surface area contributed by atoms with E-state index in [0.29, 0.717) is 17.9 Å². The summed E-state index contributed by atoms with van der Waals surface area (Å²) in [6.07, 6.45) is 2.11. The SMILES string of the molecule is N#Cc1ccccc1OCCCC[Si](c1ccccc1)c1ccccc1. The number of hydrogen-bond donors (Lipinski definition) is 0. The van der Waals surface area contributed by atoms with Crippen molar-refractivity contribution in [2.24, 2.45) is 0 Å². The molecule has 0 atom stereocenters. The summed E-state index contributed by atoms with van der Waals surface area (Å²) in [4.78, 5) is 0. The third-order valence-electron chi connectivity index (χ3n) is 4.33. The Morgan fingerprint density at radius 1 is 0.731 bits per heavy atom. The highest BCUT2D eigenvalue weighted by atomic mass is 28.3. The fourth-order valence-corrected chi connectivity index (χ4v) is 5.71. The lowest BCUT2D eigenvalue weighted by Gasteiger charge is -2.16. The summed E-state index contributed by atoms with van der Waals surface area (Å²) >= 11 is 0. The van der Waals surface area contributed by atoms with Crippen molar-refractivity contribution in [1.29, 1.82) is 5.26 Å². The van der Waals surface area contributed by atoms with E-state index >= 15 is 0 Å². The number of nitrogens with zero attached hydrogens (tertiary/aromatic N) is 1. The van der Waals surface area contributed by atoms with Gasteiger partial charge in [0.25, 0.3) is 0 Å². The molecular weight excluding hydrogens is 334 g/mol. The van der Waals surface area contributed by atoms with Crippen LogP contribution in [0.15, 0.2) is 84.9 Å². The molecule has 0 spiro atoms. The van der Waals surface area contributed by atoms with E-state index in [1.807, 2.05) is 18.2 Å². The van der Waals surface area contributed by atoms with Gasteiger partial charge >= 0.3 is 0 Å². The van der Waals surface area contributed by atoms with Crippen LogP contribution in [0.5, 0.6) is 5.75 Å². The van der Waals surface area contributed by atoms with E-state index in [4.69, 9.17) is 10.00 Å². The van der Waals surface area contributed by atoms with Gasteiger partial charge in [0.2, 0.25) is 0 Å². The van der Waals surface area contributed by atoms with Crippen LogP contribution < -0.4 is 15.1 Å². The highest BCUT2D eigenvalue weighted by Gasteiger charge is 2.16. The topological polar surface area (TPSA) is 33.0 Å². The Kier molecular flexibility index (Phi) is 6.64. The minimum atomic E-state index is -0.765. The first-order chi connectivity index (χ1) is 12.9. The highest BCUT2D eigenvalue weighted by molar-refractivity contribution is 6.85.